The summed E-state index contributed by atoms with van der Waals surface area (Å²) in [6.07, 6.45) is 16.9. The number of allylic oxidation sites excluding steroid dienone is 4. The Hall–Kier alpha value is -1.88. The van der Waals surface area contributed by atoms with E-state index in [-0.39, 0.29) is 33.7 Å². The van der Waals surface area contributed by atoms with Gasteiger partial charge in [-0.25, -0.2) is 0 Å². The molecule has 0 aromatic heterocycles. The monoisotopic (exact) mass is 678 g/mol. The molecule has 0 spiro atoms. The van der Waals surface area contributed by atoms with Crippen LogP contribution in [0.25, 0.3) is 0 Å². The summed E-state index contributed by atoms with van der Waals surface area (Å²) < 4.78 is 74.8. The van der Waals surface area contributed by atoms with Crippen LogP contribution in [0.4, 0.5) is 0 Å². The molecule has 4 aliphatic carbocycles. The molecule has 2 fully saturated rings. The van der Waals surface area contributed by atoms with Crippen molar-refractivity contribution < 1.29 is 34.3 Å². The molecule has 5 rings (SSSR count). The fourth-order valence-corrected chi connectivity index (χ4v) is 11.2. The zero-order valence-corrected chi connectivity index (χ0v) is 30.3. The normalized spacial score (nSPS) is 36.1. The molecular formula is C36H54O8S2. The van der Waals surface area contributed by atoms with E-state index in [4.69, 9.17) is 8.37 Å². The van der Waals surface area contributed by atoms with Crippen molar-refractivity contribution in [2.75, 3.05) is 0 Å². The van der Waals surface area contributed by atoms with E-state index in [0.29, 0.717) is 35.2 Å². The smallest absolute Gasteiger partial charge is 0.362 e. The second-order valence-corrected chi connectivity index (χ2v) is 18.5. The highest BCUT2D eigenvalue weighted by Crippen LogP contribution is 2.64. The van der Waals surface area contributed by atoms with E-state index in [1.807, 2.05) is 0 Å². The van der Waals surface area contributed by atoms with Crippen molar-refractivity contribution in [1.82, 2.24) is 0 Å². The van der Waals surface area contributed by atoms with Crippen molar-refractivity contribution in [2.24, 2.45) is 45.3 Å². The van der Waals surface area contributed by atoms with Gasteiger partial charge in [0.05, 0.1) is 0 Å². The Morgan fingerprint density at radius 1 is 0.891 bits per heavy atom. The minimum Gasteiger partial charge on any atom is -0.362 e. The molecule has 2 N–H and O–H groups in total. The summed E-state index contributed by atoms with van der Waals surface area (Å²) in [6, 6.07) is 3.80. The van der Waals surface area contributed by atoms with E-state index in [1.54, 1.807) is 5.57 Å². The average Bonchev–Trinajstić information content (AvgIpc) is 2.91. The number of hydrogen-bond donors (Lipinski definition) is 2. The topological polar surface area (TPSA) is 127 Å². The second kappa shape index (κ2) is 12.2. The minimum atomic E-state index is -4.83. The highest BCUT2D eigenvalue weighted by atomic mass is 32.3. The van der Waals surface area contributed by atoms with Crippen LogP contribution >= 0.6 is 0 Å². The van der Waals surface area contributed by atoms with Crippen LogP contribution in [0.5, 0.6) is 11.5 Å². The van der Waals surface area contributed by atoms with Gasteiger partial charge in [0.15, 0.2) is 0 Å². The highest BCUT2D eigenvalue weighted by Gasteiger charge is 2.55. The van der Waals surface area contributed by atoms with Gasteiger partial charge in [0, 0.05) is 5.56 Å². The van der Waals surface area contributed by atoms with Crippen LogP contribution in [0.15, 0.2) is 41.5 Å². The third-order valence-corrected chi connectivity index (χ3v) is 14.1. The van der Waals surface area contributed by atoms with Crippen molar-refractivity contribution >= 4 is 20.8 Å². The van der Waals surface area contributed by atoms with Crippen LogP contribution < -0.4 is 8.37 Å². The van der Waals surface area contributed by atoms with E-state index < -0.39 is 20.8 Å². The lowest BCUT2D eigenvalue weighted by molar-refractivity contribution is -0.0590. The van der Waals surface area contributed by atoms with Gasteiger partial charge in [0.1, 0.15) is 11.5 Å². The van der Waals surface area contributed by atoms with Crippen molar-refractivity contribution in [3.63, 3.8) is 0 Å². The zero-order chi connectivity index (χ0) is 33.9. The molecule has 0 amide bonds. The van der Waals surface area contributed by atoms with Gasteiger partial charge in [-0.15, -0.1) is 0 Å². The van der Waals surface area contributed by atoms with Crippen LogP contribution in [0.2, 0.25) is 0 Å². The number of fused-ring (bicyclic) bond motifs is 2. The quantitative estimate of drug-likeness (QED) is 0.196. The summed E-state index contributed by atoms with van der Waals surface area (Å²) in [6.45, 7) is 16.9. The van der Waals surface area contributed by atoms with Crippen LogP contribution in [-0.4, -0.2) is 25.9 Å². The SMILES string of the molecule is CC1=CCC2C(C)(CCC3(C)C4=CCCC(C)(C)C4CCC3C)CCCC2(C)C1Cc1cc(OS(=O)(=O)O)ccc1OS(=O)(=O)O. The van der Waals surface area contributed by atoms with Crippen LogP contribution in [0, 0.1) is 45.3 Å². The summed E-state index contributed by atoms with van der Waals surface area (Å²) in [5, 5.41) is 0. The maximum Gasteiger partial charge on any atom is 0.446 e. The molecular weight excluding hydrogens is 625 g/mol. The fraction of sp³-hybridized carbons (Fsp3) is 0.722. The molecule has 1 aromatic rings. The first-order chi connectivity index (χ1) is 21.2. The van der Waals surface area contributed by atoms with Gasteiger partial charge in [-0.05, 0) is 135 Å². The molecule has 0 heterocycles. The van der Waals surface area contributed by atoms with Crippen molar-refractivity contribution in [1.29, 1.82) is 0 Å². The first kappa shape index (κ1) is 35.4. The molecule has 8 nitrogen and oxygen atoms in total. The molecule has 46 heavy (non-hydrogen) atoms. The molecule has 4 aliphatic rings. The first-order valence-electron chi connectivity index (χ1n) is 17.0. The molecule has 7 unspecified atom stereocenters. The molecule has 0 bridgehead atoms. The fourth-order valence-electron chi connectivity index (χ4n) is 10.4. The van der Waals surface area contributed by atoms with Gasteiger partial charge < -0.3 is 8.37 Å². The van der Waals surface area contributed by atoms with Gasteiger partial charge >= 0.3 is 20.8 Å². The van der Waals surface area contributed by atoms with Crippen LogP contribution in [-0.2, 0) is 27.2 Å². The lowest BCUT2D eigenvalue weighted by atomic mass is 9.45. The molecule has 0 radical (unpaired) electrons. The maximum absolute atomic E-state index is 11.7. The Bertz CT molecular complexity index is 1610. The predicted octanol–water partition coefficient (Wildman–Crippen LogP) is 8.95. The summed E-state index contributed by atoms with van der Waals surface area (Å²) in [7, 11) is -9.63. The standard InChI is InChI=1S/C36H54O8S2/c1-24-11-16-32-34(5,20-21-35(6)25(2)12-14-28-29(35)10-8-17-33(28,3)4)18-9-19-36(32,7)30(24)23-26-22-27(43-45(37,38)39)13-15-31(26)44-46(40,41)42/h10-11,13,15,22,25,28,30,32H,8-9,12,14,16-21,23H2,1-7H3,(H,37,38,39)(H,40,41,42). The molecule has 1 aromatic carbocycles. The largest absolute Gasteiger partial charge is 0.446 e. The molecule has 0 aliphatic heterocycles. The van der Waals surface area contributed by atoms with Crippen molar-refractivity contribution in [3.05, 3.63) is 47.1 Å². The molecule has 258 valence electrons. The van der Waals surface area contributed by atoms with E-state index >= 15 is 0 Å². The van der Waals surface area contributed by atoms with Crippen LogP contribution in [0.3, 0.4) is 0 Å². The van der Waals surface area contributed by atoms with Gasteiger partial charge in [-0.2, -0.15) is 16.8 Å². The molecule has 10 heteroatoms. The third-order valence-electron chi connectivity index (χ3n) is 13.3. The van der Waals surface area contributed by atoms with E-state index in [2.05, 4.69) is 60.6 Å². The molecule has 7 atom stereocenters. The average molecular weight is 679 g/mol. The molecule has 0 saturated heterocycles. The summed E-state index contributed by atoms with van der Waals surface area (Å²) >= 11 is 0. The Morgan fingerprint density at radius 2 is 1.59 bits per heavy atom. The van der Waals surface area contributed by atoms with E-state index in [9.17, 15) is 25.9 Å². The lowest BCUT2D eigenvalue weighted by Gasteiger charge is -2.59. The molecule has 2 saturated carbocycles. The second-order valence-electron chi connectivity index (χ2n) is 16.4. The van der Waals surface area contributed by atoms with Crippen molar-refractivity contribution in [2.45, 2.75) is 119 Å². The van der Waals surface area contributed by atoms with Gasteiger partial charge in [-0.3, -0.25) is 9.11 Å². The van der Waals surface area contributed by atoms with Crippen LogP contribution in [0.1, 0.15) is 118 Å². The predicted molar refractivity (Wildman–Crippen MR) is 180 cm³/mol. The Balaban J connectivity index is 1.45. The zero-order valence-electron chi connectivity index (χ0n) is 28.6. The minimum absolute atomic E-state index is 0.0195. The Labute approximate surface area is 277 Å². The summed E-state index contributed by atoms with van der Waals surface area (Å²) in [4.78, 5) is 0. The Kier molecular flexibility index (Phi) is 9.41. The van der Waals surface area contributed by atoms with Crippen molar-refractivity contribution in [3.8, 4) is 11.5 Å². The van der Waals surface area contributed by atoms with E-state index in [1.165, 1.54) is 62.3 Å². The number of rotatable bonds is 9. The number of hydrogen-bond acceptors (Lipinski definition) is 6. The van der Waals surface area contributed by atoms with Gasteiger partial charge in [-0.1, -0.05) is 71.3 Å². The number of benzene rings is 1. The Morgan fingerprint density at radius 3 is 2.26 bits per heavy atom. The highest BCUT2D eigenvalue weighted by molar-refractivity contribution is 7.81. The van der Waals surface area contributed by atoms with E-state index in [0.717, 1.165) is 25.7 Å². The lowest BCUT2D eigenvalue weighted by Crippen LogP contribution is -2.51. The van der Waals surface area contributed by atoms with Gasteiger partial charge in [0.2, 0.25) is 0 Å². The summed E-state index contributed by atoms with van der Waals surface area (Å²) in [5.74, 6) is 1.46. The van der Waals surface area contributed by atoms with Gasteiger partial charge in [0.25, 0.3) is 0 Å². The maximum atomic E-state index is 11.7. The third kappa shape index (κ3) is 6.96. The summed E-state index contributed by atoms with van der Waals surface area (Å²) in [5.41, 5.74) is 3.84. The first-order valence-corrected chi connectivity index (χ1v) is 19.7.